The molecular weight excluding hydrogens is 299 g/mol. The number of likely N-dealkylation sites (N-methyl/N-ethyl adjacent to an activating group) is 1. The molecule has 1 unspecified atom stereocenters. The van der Waals surface area contributed by atoms with Gasteiger partial charge in [0.25, 0.3) is 0 Å². The summed E-state index contributed by atoms with van der Waals surface area (Å²) in [5.74, 6) is 0. The Hall–Kier alpha value is -0.530. The Kier molecular flexibility index (Phi) is 4.85. The van der Waals surface area contributed by atoms with Crippen LogP contribution in [-0.4, -0.2) is 37.5 Å². The minimum absolute atomic E-state index is 0.0236. The second-order valence-corrected chi connectivity index (χ2v) is 6.64. The molecule has 8 heteroatoms. The third-order valence-electron chi connectivity index (χ3n) is 2.56. The monoisotopic (exact) mass is 312 g/mol. The molecule has 0 aliphatic carbocycles. The number of nitrogens with two attached hydrogens (primary N) is 1. The Morgan fingerprint density at radius 3 is 2.44 bits per heavy atom. The second kappa shape index (κ2) is 5.63. The van der Waals surface area contributed by atoms with Crippen LogP contribution in [0.5, 0.6) is 0 Å². The quantitative estimate of drug-likeness (QED) is 0.827. The van der Waals surface area contributed by atoms with Gasteiger partial charge in [-0.2, -0.15) is 4.31 Å². The third-order valence-corrected chi connectivity index (χ3v) is 5.28. The van der Waals surface area contributed by atoms with Crippen LogP contribution >= 0.6 is 23.2 Å². The molecule has 0 saturated heterocycles. The lowest BCUT2D eigenvalue weighted by molar-refractivity contribution is 0.214. The maximum absolute atomic E-state index is 12.3. The molecule has 0 heterocycles. The number of hydrogen-bond donors (Lipinski definition) is 2. The van der Waals surface area contributed by atoms with Gasteiger partial charge in [-0.05, 0) is 19.1 Å². The van der Waals surface area contributed by atoms with E-state index in [0.29, 0.717) is 0 Å². The molecule has 0 aromatic heterocycles. The zero-order valence-corrected chi connectivity index (χ0v) is 12.2. The first-order valence-corrected chi connectivity index (χ1v) is 7.24. The highest BCUT2D eigenvalue weighted by molar-refractivity contribution is 7.89. The molecule has 1 rings (SSSR count). The fraction of sp³-hybridized carbons (Fsp3) is 0.400. The average molecular weight is 313 g/mol. The normalized spacial score (nSPS) is 13.9. The Morgan fingerprint density at radius 2 is 2.00 bits per heavy atom. The van der Waals surface area contributed by atoms with E-state index in [1.165, 1.54) is 19.2 Å². The average Bonchev–Trinajstić information content (AvgIpc) is 2.24. The summed E-state index contributed by atoms with van der Waals surface area (Å²) in [4.78, 5) is -0.198. The van der Waals surface area contributed by atoms with E-state index in [9.17, 15) is 8.42 Å². The fourth-order valence-electron chi connectivity index (χ4n) is 1.35. The lowest BCUT2D eigenvalue weighted by atomic mass is 10.3. The molecule has 0 saturated carbocycles. The highest BCUT2D eigenvalue weighted by Gasteiger charge is 2.29. The van der Waals surface area contributed by atoms with E-state index < -0.39 is 16.1 Å². The number of sulfonamides is 1. The minimum Gasteiger partial charge on any atom is -0.398 e. The van der Waals surface area contributed by atoms with Gasteiger partial charge in [-0.1, -0.05) is 23.2 Å². The van der Waals surface area contributed by atoms with E-state index in [1.807, 2.05) is 0 Å². The Morgan fingerprint density at radius 1 is 1.44 bits per heavy atom. The molecule has 0 spiro atoms. The van der Waals surface area contributed by atoms with Crippen molar-refractivity contribution in [3.63, 3.8) is 0 Å². The molecule has 102 valence electrons. The van der Waals surface area contributed by atoms with Gasteiger partial charge in [-0.3, -0.25) is 0 Å². The van der Waals surface area contributed by atoms with Crippen molar-refractivity contribution < 1.29 is 13.5 Å². The van der Waals surface area contributed by atoms with Crippen molar-refractivity contribution in [2.75, 3.05) is 19.4 Å². The lowest BCUT2D eigenvalue weighted by Crippen LogP contribution is -2.37. The van der Waals surface area contributed by atoms with Gasteiger partial charge in [0.15, 0.2) is 0 Å². The van der Waals surface area contributed by atoms with Crippen LogP contribution in [0, 0.1) is 0 Å². The first-order chi connectivity index (χ1) is 8.21. The molecule has 0 fully saturated rings. The van der Waals surface area contributed by atoms with Crippen LogP contribution in [0.2, 0.25) is 10.0 Å². The van der Waals surface area contributed by atoms with Crippen LogP contribution < -0.4 is 5.73 Å². The summed E-state index contributed by atoms with van der Waals surface area (Å²) >= 11 is 11.6. The van der Waals surface area contributed by atoms with E-state index in [2.05, 4.69) is 0 Å². The summed E-state index contributed by atoms with van der Waals surface area (Å²) in [5.41, 5.74) is 5.63. The van der Waals surface area contributed by atoms with Crippen LogP contribution in [-0.2, 0) is 10.0 Å². The number of halogens is 2. The van der Waals surface area contributed by atoms with Crippen LogP contribution in [0.15, 0.2) is 17.0 Å². The molecule has 0 aliphatic heterocycles. The van der Waals surface area contributed by atoms with Gasteiger partial charge in [-0.15, -0.1) is 0 Å². The van der Waals surface area contributed by atoms with Gasteiger partial charge in [-0.25, -0.2) is 8.42 Å². The zero-order valence-electron chi connectivity index (χ0n) is 9.89. The fourth-order valence-corrected chi connectivity index (χ4v) is 3.64. The van der Waals surface area contributed by atoms with E-state index >= 15 is 0 Å². The van der Waals surface area contributed by atoms with Gasteiger partial charge >= 0.3 is 0 Å². The van der Waals surface area contributed by atoms with Gasteiger partial charge in [0.2, 0.25) is 10.0 Å². The number of nitrogen functional groups attached to an aromatic ring is 1. The van der Waals surface area contributed by atoms with Crippen LogP contribution in [0.3, 0.4) is 0 Å². The highest BCUT2D eigenvalue weighted by atomic mass is 35.5. The molecule has 1 aromatic carbocycles. The predicted molar refractivity (Wildman–Crippen MR) is 72.4 cm³/mol. The van der Waals surface area contributed by atoms with Crippen molar-refractivity contribution in [3.05, 3.63) is 22.2 Å². The van der Waals surface area contributed by atoms with Gasteiger partial charge in [0.05, 0.1) is 17.3 Å². The topological polar surface area (TPSA) is 83.6 Å². The molecule has 0 amide bonds. The molecule has 0 radical (unpaired) electrons. The molecule has 5 nitrogen and oxygen atoms in total. The minimum atomic E-state index is -3.87. The van der Waals surface area contributed by atoms with Crippen LogP contribution in [0.4, 0.5) is 5.69 Å². The van der Waals surface area contributed by atoms with E-state index in [-0.39, 0.29) is 27.2 Å². The Balaban J connectivity index is 3.38. The van der Waals surface area contributed by atoms with Crippen LogP contribution in [0.25, 0.3) is 0 Å². The summed E-state index contributed by atoms with van der Waals surface area (Å²) in [6.07, 6.45) is 0. The van der Waals surface area contributed by atoms with Crippen molar-refractivity contribution in [2.45, 2.75) is 17.9 Å². The summed E-state index contributed by atoms with van der Waals surface area (Å²) in [7, 11) is -2.52. The smallest absolute Gasteiger partial charge is 0.246 e. The first-order valence-electron chi connectivity index (χ1n) is 5.05. The van der Waals surface area contributed by atoms with E-state index in [4.69, 9.17) is 34.0 Å². The summed E-state index contributed by atoms with van der Waals surface area (Å²) < 4.78 is 25.6. The number of hydrogen-bond acceptors (Lipinski definition) is 4. The molecule has 1 aromatic rings. The first kappa shape index (κ1) is 15.5. The van der Waals surface area contributed by atoms with Crippen LogP contribution in [0.1, 0.15) is 6.92 Å². The molecule has 0 bridgehead atoms. The highest BCUT2D eigenvalue weighted by Crippen LogP contribution is 2.33. The predicted octanol–water partition coefficient (Wildman–Crippen LogP) is 1.58. The molecule has 18 heavy (non-hydrogen) atoms. The largest absolute Gasteiger partial charge is 0.398 e. The maximum Gasteiger partial charge on any atom is 0.246 e. The molecule has 0 aliphatic rings. The number of anilines is 1. The maximum atomic E-state index is 12.3. The number of aliphatic hydroxyl groups excluding tert-OH is 1. The lowest BCUT2D eigenvalue weighted by Gasteiger charge is -2.23. The second-order valence-electron chi connectivity index (χ2n) is 3.86. The van der Waals surface area contributed by atoms with Gasteiger partial charge in [0, 0.05) is 18.1 Å². The van der Waals surface area contributed by atoms with Crippen molar-refractivity contribution >= 4 is 38.9 Å². The number of rotatable bonds is 4. The Bertz CT molecular complexity index is 525. The van der Waals surface area contributed by atoms with Gasteiger partial charge < -0.3 is 10.8 Å². The number of aliphatic hydroxyl groups is 1. The third kappa shape index (κ3) is 2.89. The van der Waals surface area contributed by atoms with Gasteiger partial charge in [0.1, 0.15) is 4.90 Å². The summed E-state index contributed by atoms with van der Waals surface area (Å²) in [6.45, 7) is 1.26. The molecule has 1 atom stereocenters. The summed E-state index contributed by atoms with van der Waals surface area (Å²) in [6, 6.07) is 2.04. The van der Waals surface area contributed by atoms with Crippen molar-refractivity contribution in [2.24, 2.45) is 0 Å². The van der Waals surface area contributed by atoms with Crippen molar-refractivity contribution in [3.8, 4) is 0 Å². The molecular formula is C10H14Cl2N2O3S. The SMILES string of the molecule is CC(CO)N(C)S(=O)(=O)c1c(N)cc(Cl)cc1Cl. The van der Waals surface area contributed by atoms with Crippen molar-refractivity contribution in [1.29, 1.82) is 0 Å². The Labute approximate surface area is 116 Å². The van der Waals surface area contributed by atoms with Crippen molar-refractivity contribution in [1.82, 2.24) is 4.31 Å². The summed E-state index contributed by atoms with van der Waals surface area (Å²) in [5, 5.41) is 9.22. The number of nitrogens with zero attached hydrogens (tertiary/aromatic N) is 1. The van der Waals surface area contributed by atoms with E-state index in [1.54, 1.807) is 6.92 Å². The number of benzene rings is 1. The molecule has 3 N–H and O–H groups in total. The standard InChI is InChI=1S/C10H14Cl2N2O3S/c1-6(5-15)14(2)18(16,17)10-8(12)3-7(11)4-9(10)13/h3-4,6,15H,5,13H2,1-2H3. The zero-order chi connectivity index (χ0) is 14.1. The van der Waals surface area contributed by atoms with E-state index in [0.717, 1.165) is 4.31 Å².